The zero-order valence-electron chi connectivity index (χ0n) is 6.20. The average Bonchev–Trinajstić information content (AvgIpc) is 1.87. The Morgan fingerprint density at radius 1 is 1.70 bits per heavy atom. The van der Waals surface area contributed by atoms with Gasteiger partial charge in [0.15, 0.2) is 6.10 Å². The first-order valence-corrected chi connectivity index (χ1v) is 3.08. The molecule has 0 aromatic carbocycles. The molecule has 0 radical (unpaired) electrons. The van der Waals surface area contributed by atoms with Crippen LogP contribution in [0.25, 0.3) is 0 Å². The van der Waals surface area contributed by atoms with E-state index in [9.17, 15) is 4.79 Å². The molecule has 2 atom stereocenters. The molecule has 3 nitrogen and oxygen atoms in total. The van der Waals surface area contributed by atoms with Gasteiger partial charge in [0.2, 0.25) is 0 Å². The lowest BCUT2D eigenvalue weighted by Gasteiger charge is -2.11. The third-order valence-corrected chi connectivity index (χ3v) is 1.10. The van der Waals surface area contributed by atoms with Crippen LogP contribution in [0.3, 0.4) is 0 Å². The number of ether oxygens (including phenoxy) is 1. The van der Waals surface area contributed by atoms with Crippen LogP contribution in [0.2, 0.25) is 0 Å². The predicted octanol–water partition coefficient (Wildman–Crippen LogP) is 1.05. The van der Waals surface area contributed by atoms with Crippen molar-refractivity contribution in [2.75, 3.05) is 0 Å². The number of carbonyl (C=O) groups is 1. The molecule has 0 spiro atoms. The molecule has 1 unspecified atom stereocenters. The lowest BCUT2D eigenvalue weighted by atomic mass is 10.3. The maximum absolute atomic E-state index is 10.2. The molecular formula is C7H12O3. The van der Waals surface area contributed by atoms with Crippen LogP contribution in [-0.2, 0) is 9.53 Å². The molecule has 0 aliphatic rings. The Morgan fingerprint density at radius 2 is 2.20 bits per heavy atom. The molecule has 0 saturated carbocycles. The Balaban J connectivity index is 3.67. The molecule has 1 N–H and O–H groups in total. The highest BCUT2D eigenvalue weighted by Crippen LogP contribution is 1.97. The summed E-state index contributed by atoms with van der Waals surface area (Å²) in [6, 6.07) is 0. The number of aliphatic carboxylic acids is 1. The van der Waals surface area contributed by atoms with E-state index in [1.54, 1.807) is 13.0 Å². The van der Waals surface area contributed by atoms with E-state index in [4.69, 9.17) is 9.84 Å². The van der Waals surface area contributed by atoms with Crippen molar-refractivity contribution in [1.82, 2.24) is 0 Å². The van der Waals surface area contributed by atoms with Gasteiger partial charge in [0, 0.05) is 0 Å². The highest BCUT2D eigenvalue weighted by atomic mass is 16.5. The van der Waals surface area contributed by atoms with Gasteiger partial charge in [0.05, 0.1) is 6.10 Å². The van der Waals surface area contributed by atoms with Gasteiger partial charge < -0.3 is 9.84 Å². The average molecular weight is 144 g/mol. The molecule has 0 fully saturated rings. The normalized spacial score (nSPS) is 15.8. The molecule has 10 heavy (non-hydrogen) atoms. The molecule has 0 saturated heterocycles. The first-order chi connectivity index (χ1) is 4.57. The number of hydrogen-bond acceptors (Lipinski definition) is 2. The third-order valence-electron chi connectivity index (χ3n) is 1.10. The minimum absolute atomic E-state index is 0.203. The van der Waals surface area contributed by atoms with Crippen LogP contribution in [0.15, 0.2) is 12.7 Å². The SMILES string of the molecule is C=CC(C)O[C@@H](C)C(=O)O. The first-order valence-electron chi connectivity index (χ1n) is 3.08. The third kappa shape index (κ3) is 3.25. The van der Waals surface area contributed by atoms with Crippen LogP contribution in [0.5, 0.6) is 0 Å². The molecule has 0 aromatic heterocycles. The van der Waals surface area contributed by atoms with Crippen LogP contribution >= 0.6 is 0 Å². The second kappa shape index (κ2) is 4.06. The number of carboxylic acid groups (broad SMARTS) is 1. The Labute approximate surface area is 60.3 Å². The number of hydrogen-bond donors (Lipinski definition) is 1. The summed E-state index contributed by atoms with van der Waals surface area (Å²) in [4.78, 5) is 10.2. The molecule has 0 rings (SSSR count). The van der Waals surface area contributed by atoms with E-state index in [1.165, 1.54) is 6.92 Å². The van der Waals surface area contributed by atoms with Crippen LogP contribution in [0, 0.1) is 0 Å². The minimum atomic E-state index is -0.950. The molecule has 0 heterocycles. The van der Waals surface area contributed by atoms with Gasteiger partial charge in [-0.1, -0.05) is 6.08 Å². The lowest BCUT2D eigenvalue weighted by molar-refractivity contribution is -0.150. The first kappa shape index (κ1) is 9.17. The topological polar surface area (TPSA) is 46.5 Å². The summed E-state index contributed by atoms with van der Waals surface area (Å²) in [5, 5.41) is 8.37. The molecule has 0 amide bonds. The van der Waals surface area contributed by atoms with Crippen LogP contribution in [0.1, 0.15) is 13.8 Å². The molecule has 0 aromatic rings. The van der Waals surface area contributed by atoms with Gasteiger partial charge in [0.1, 0.15) is 0 Å². The summed E-state index contributed by atoms with van der Waals surface area (Å²) >= 11 is 0. The quantitative estimate of drug-likeness (QED) is 0.600. The second-order valence-electron chi connectivity index (χ2n) is 2.06. The number of carboxylic acids is 1. The Kier molecular flexibility index (Phi) is 3.72. The van der Waals surface area contributed by atoms with E-state index in [0.717, 1.165) is 0 Å². The highest BCUT2D eigenvalue weighted by Gasteiger charge is 2.12. The highest BCUT2D eigenvalue weighted by molar-refractivity contribution is 5.71. The van der Waals surface area contributed by atoms with E-state index in [1.807, 2.05) is 0 Å². The largest absolute Gasteiger partial charge is 0.479 e. The van der Waals surface area contributed by atoms with Crippen LogP contribution in [0.4, 0.5) is 0 Å². The van der Waals surface area contributed by atoms with Crippen molar-refractivity contribution in [1.29, 1.82) is 0 Å². The minimum Gasteiger partial charge on any atom is -0.479 e. The van der Waals surface area contributed by atoms with Crippen molar-refractivity contribution in [2.24, 2.45) is 0 Å². The van der Waals surface area contributed by atoms with E-state index in [2.05, 4.69) is 6.58 Å². The van der Waals surface area contributed by atoms with Crippen molar-refractivity contribution < 1.29 is 14.6 Å². The van der Waals surface area contributed by atoms with Gasteiger partial charge in [-0.15, -0.1) is 6.58 Å². The summed E-state index contributed by atoms with van der Waals surface area (Å²) in [5.41, 5.74) is 0. The van der Waals surface area contributed by atoms with Gasteiger partial charge in [-0.25, -0.2) is 4.79 Å². The van der Waals surface area contributed by atoms with Crippen LogP contribution < -0.4 is 0 Å². The van der Waals surface area contributed by atoms with Crippen molar-refractivity contribution >= 4 is 5.97 Å². The van der Waals surface area contributed by atoms with Gasteiger partial charge in [-0.2, -0.15) is 0 Å². The molecular weight excluding hydrogens is 132 g/mol. The zero-order chi connectivity index (χ0) is 8.15. The molecule has 0 bridgehead atoms. The Bertz CT molecular complexity index is 131. The van der Waals surface area contributed by atoms with Crippen molar-refractivity contribution in [3.05, 3.63) is 12.7 Å². The predicted molar refractivity (Wildman–Crippen MR) is 37.8 cm³/mol. The van der Waals surface area contributed by atoms with E-state index in [-0.39, 0.29) is 6.10 Å². The Hall–Kier alpha value is -0.830. The van der Waals surface area contributed by atoms with Gasteiger partial charge in [-0.3, -0.25) is 0 Å². The maximum atomic E-state index is 10.2. The molecule has 0 aliphatic heterocycles. The van der Waals surface area contributed by atoms with E-state index < -0.39 is 12.1 Å². The van der Waals surface area contributed by atoms with E-state index in [0.29, 0.717) is 0 Å². The Morgan fingerprint density at radius 3 is 2.50 bits per heavy atom. The summed E-state index contributed by atoms with van der Waals surface area (Å²) in [6.45, 7) is 6.69. The molecule has 3 heteroatoms. The summed E-state index contributed by atoms with van der Waals surface area (Å²) < 4.78 is 4.94. The van der Waals surface area contributed by atoms with Crippen molar-refractivity contribution in [3.63, 3.8) is 0 Å². The van der Waals surface area contributed by atoms with Crippen LogP contribution in [-0.4, -0.2) is 23.3 Å². The smallest absolute Gasteiger partial charge is 0.332 e. The van der Waals surface area contributed by atoms with Gasteiger partial charge in [0.25, 0.3) is 0 Å². The maximum Gasteiger partial charge on any atom is 0.332 e. The monoisotopic (exact) mass is 144 g/mol. The number of rotatable bonds is 4. The molecule has 58 valence electrons. The van der Waals surface area contributed by atoms with Crippen molar-refractivity contribution in [3.8, 4) is 0 Å². The fraction of sp³-hybridized carbons (Fsp3) is 0.571. The van der Waals surface area contributed by atoms with Crippen molar-refractivity contribution in [2.45, 2.75) is 26.1 Å². The molecule has 0 aliphatic carbocycles. The summed E-state index contributed by atoms with van der Waals surface area (Å²) in [5.74, 6) is -0.950. The lowest BCUT2D eigenvalue weighted by Crippen LogP contribution is -2.23. The summed E-state index contributed by atoms with van der Waals surface area (Å²) in [6.07, 6.45) is 0.596. The standard InChI is InChI=1S/C7H12O3/c1-4-5(2)10-6(3)7(8)9/h4-6H,1H2,2-3H3,(H,8,9)/t5?,6-/m0/s1. The fourth-order valence-electron chi connectivity index (χ4n) is 0.436. The van der Waals surface area contributed by atoms with E-state index >= 15 is 0 Å². The summed E-state index contributed by atoms with van der Waals surface area (Å²) in [7, 11) is 0. The fourth-order valence-corrected chi connectivity index (χ4v) is 0.436. The second-order valence-corrected chi connectivity index (χ2v) is 2.06. The van der Waals surface area contributed by atoms with Gasteiger partial charge in [-0.05, 0) is 13.8 Å². The van der Waals surface area contributed by atoms with Gasteiger partial charge >= 0.3 is 5.97 Å². The zero-order valence-corrected chi connectivity index (χ0v) is 6.20.